The quantitative estimate of drug-likeness (QED) is 0.258. The number of nitrogens with zero attached hydrogens (tertiary/aromatic N) is 2. The number of amides is 2. The Kier molecular flexibility index (Phi) is 11.4. The molecule has 0 bridgehead atoms. The smallest absolute Gasteiger partial charge is 0.264 e. The van der Waals surface area contributed by atoms with Gasteiger partial charge in [-0.3, -0.25) is 13.9 Å². The van der Waals surface area contributed by atoms with Crippen LogP contribution in [0.15, 0.2) is 82.2 Å². The molecule has 3 aromatic carbocycles. The summed E-state index contributed by atoms with van der Waals surface area (Å²) < 4.78 is 35.8. The lowest BCUT2D eigenvalue weighted by atomic mass is 10.1. The zero-order chi connectivity index (χ0) is 30.2. The standard InChI is InChI=1S/C31H38BrN3O5S/c1-6-23(4)33-31(37)24(5)34(20-25-14-16-26(32)17-15-25)30(36)21-35(28-10-8-9-11-29(28)40-7-2)41(38,39)27-18-12-22(3)13-19-27/h8-19,23-24H,6-7,20-21H2,1-5H3,(H,33,37)/t23-,24-/m0/s1. The molecule has 10 heteroatoms. The third-order valence-corrected chi connectivity index (χ3v) is 9.06. The van der Waals surface area contributed by atoms with Crippen LogP contribution in [-0.4, -0.2) is 50.4 Å². The molecule has 0 unspecified atom stereocenters. The number of aryl methyl sites for hydroxylation is 1. The molecule has 41 heavy (non-hydrogen) atoms. The van der Waals surface area contributed by atoms with E-state index in [0.717, 1.165) is 26.3 Å². The number of hydrogen-bond acceptors (Lipinski definition) is 5. The number of para-hydroxylation sites is 2. The molecule has 8 nitrogen and oxygen atoms in total. The zero-order valence-corrected chi connectivity index (χ0v) is 26.5. The van der Waals surface area contributed by atoms with Crippen molar-refractivity contribution in [1.29, 1.82) is 0 Å². The van der Waals surface area contributed by atoms with Crippen molar-refractivity contribution in [2.45, 2.75) is 64.6 Å². The molecule has 220 valence electrons. The second kappa shape index (κ2) is 14.5. The lowest BCUT2D eigenvalue weighted by Gasteiger charge is -2.33. The van der Waals surface area contributed by atoms with E-state index in [1.165, 1.54) is 17.0 Å². The second-order valence-corrected chi connectivity index (χ2v) is 12.6. The highest BCUT2D eigenvalue weighted by atomic mass is 79.9. The highest BCUT2D eigenvalue weighted by molar-refractivity contribution is 9.10. The molecule has 0 fully saturated rings. The molecular weight excluding hydrogens is 606 g/mol. The fourth-order valence-electron chi connectivity index (χ4n) is 4.13. The van der Waals surface area contributed by atoms with Crippen molar-refractivity contribution in [3.63, 3.8) is 0 Å². The van der Waals surface area contributed by atoms with Crippen molar-refractivity contribution >= 4 is 43.5 Å². The van der Waals surface area contributed by atoms with Gasteiger partial charge in [0, 0.05) is 17.1 Å². The number of nitrogens with one attached hydrogen (secondary N) is 1. The molecule has 0 aromatic heterocycles. The van der Waals surface area contributed by atoms with Crippen LogP contribution in [0.25, 0.3) is 0 Å². The van der Waals surface area contributed by atoms with Gasteiger partial charge in [0.2, 0.25) is 11.8 Å². The Labute approximate surface area is 251 Å². The average Bonchev–Trinajstić information content (AvgIpc) is 2.95. The Morgan fingerprint density at radius 3 is 2.20 bits per heavy atom. The van der Waals surface area contributed by atoms with E-state index in [1.54, 1.807) is 50.2 Å². The first kappa shape index (κ1) is 32.1. The fourth-order valence-corrected chi connectivity index (χ4v) is 5.82. The first-order chi connectivity index (χ1) is 19.5. The van der Waals surface area contributed by atoms with Crippen molar-refractivity contribution in [2.24, 2.45) is 0 Å². The van der Waals surface area contributed by atoms with Crippen molar-refractivity contribution in [3.05, 3.63) is 88.4 Å². The van der Waals surface area contributed by atoms with E-state index in [9.17, 15) is 18.0 Å². The minimum Gasteiger partial charge on any atom is -0.492 e. The molecule has 0 aliphatic rings. The molecule has 2 atom stereocenters. The summed E-state index contributed by atoms with van der Waals surface area (Å²) in [5.41, 5.74) is 1.94. The number of carbonyl (C=O) groups is 2. The van der Waals surface area contributed by atoms with Crippen LogP contribution in [0.4, 0.5) is 5.69 Å². The van der Waals surface area contributed by atoms with Crippen LogP contribution in [0.2, 0.25) is 0 Å². The maximum Gasteiger partial charge on any atom is 0.264 e. The Morgan fingerprint density at radius 2 is 1.59 bits per heavy atom. The van der Waals surface area contributed by atoms with Crippen LogP contribution >= 0.6 is 15.9 Å². The summed E-state index contributed by atoms with van der Waals surface area (Å²) >= 11 is 3.42. The van der Waals surface area contributed by atoms with E-state index in [-0.39, 0.29) is 29.1 Å². The second-order valence-electron chi connectivity index (χ2n) is 9.87. The summed E-state index contributed by atoms with van der Waals surface area (Å²) in [6, 6.07) is 19.7. The summed E-state index contributed by atoms with van der Waals surface area (Å²) in [4.78, 5) is 28.7. The summed E-state index contributed by atoms with van der Waals surface area (Å²) in [6.45, 7) is 9.08. The molecule has 3 aromatic rings. The first-order valence-corrected chi connectivity index (χ1v) is 15.9. The highest BCUT2D eigenvalue weighted by Crippen LogP contribution is 2.33. The van der Waals surface area contributed by atoms with Gasteiger partial charge in [0.1, 0.15) is 18.3 Å². The Bertz CT molecular complexity index is 1430. The van der Waals surface area contributed by atoms with Gasteiger partial charge in [-0.1, -0.05) is 64.8 Å². The van der Waals surface area contributed by atoms with Gasteiger partial charge < -0.3 is 15.0 Å². The van der Waals surface area contributed by atoms with E-state index in [2.05, 4.69) is 21.2 Å². The molecule has 0 saturated heterocycles. The van der Waals surface area contributed by atoms with Crippen LogP contribution < -0.4 is 14.4 Å². The van der Waals surface area contributed by atoms with Gasteiger partial charge in [0.05, 0.1) is 17.2 Å². The van der Waals surface area contributed by atoms with Crippen LogP contribution in [0.1, 0.15) is 45.2 Å². The third kappa shape index (κ3) is 8.33. The molecule has 1 N–H and O–H groups in total. The molecule has 0 saturated carbocycles. The van der Waals surface area contributed by atoms with E-state index in [0.29, 0.717) is 12.4 Å². The van der Waals surface area contributed by atoms with Crippen molar-refractivity contribution in [1.82, 2.24) is 10.2 Å². The van der Waals surface area contributed by atoms with Gasteiger partial charge in [-0.15, -0.1) is 0 Å². The summed E-state index contributed by atoms with van der Waals surface area (Å²) in [5, 5.41) is 2.94. The van der Waals surface area contributed by atoms with Gasteiger partial charge in [0.25, 0.3) is 10.0 Å². The Balaban J connectivity index is 2.07. The van der Waals surface area contributed by atoms with E-state index < -0.39 is 28.5 Å². The van der Waals surface area contributed by atoms with E-state index >= 15 is 0 Å². The van der Waals surface area contributed by atoms with Crippen molar-refractivity contribution in [2.75, 3.05) is 17.5 Å². The molecular formula is C31H38BrN3O5S. The molecule has 2 amide bonds. The topological polar surface area (TPSA) is 96.0 Å². The van der Waals surface area contributed by atoms with Gasteiger partial charge >= 0.3 is 0 Å². The lowest BCUT2D eigenvalue weighted by Crippen LogP contribution is -2.52. The third-order valence-electron chi connectivity index (χ3n) is 6.76. The summed E-state index contributed by atoms with van der Waals surface area (Å²) in [6.07, 6.45) is 0.732. The minimum absolute atomic E-state index is 0.0456. The Hall–Kier alpha value is -3.37. The molecule has 0 radical (unpaired) electrons. The van der Waals surface area contributed by atoms with Crippen LogP contribution in [-0.2, 0) is 26.2 Å². The number of carbonyl (C=O) groups excluding carboxylic acids is 2. The van der Waals surface area contributed by atoms with Crippen LogP contribution in [0.3, 0.4) is 0 Å². The molecule has 0 heterocycles. The SMILES string of the molecule is CCOc1ccccc1N(CC(=O)N(Cc1ccc(Br)cc1)[C@@H](C)C(=O)N[C@@H](C)CC)S(=O)(=O)c1ccc(C)cc1. The Morgan fingerprint density at radius 1 is 0.951 bits per heavy atom. The molecule has 0 spiro atoms. The van der Waals surface area contributed by atoms with E-state index in [4.69, 9.17) is 4.74 Å². The number of halogens is 1. The lowest BCUT2D eigenvalue weighted by molar-refractivity contribution is -0.139. The predicted molar refractivity (Wildman–Crippen MR) is 165 cm³/mol. The first-order valence-electron chi connectivity index (χ1n) is 13.6. The zero-order valence-electron chi connectivity index (χ0n) is 24.1. The van der Waals surface area contributed by atoms with Gasteiger partial charge in [-0.2, -0.15) is 0 Å². The minimum atomic E-state index is -4.19. The van der Waals surface area contributed by atoms with Gasteiger partial charge in [0.15, 0.2) is 0 Å². The van der Waals surface area contributed by atoms with Crippen molar-refractivity contribution < 1.29 is 22.7 Å². The number of sulfonamides is 1. The van der Waals surface area contributed by atoms with E-state index in [1.807, 2.05) is 45.0 Å². The monoisotopic (exact) mass is 643 g/mol. The van der Waals surface area contributed by atoms with Gasteiger partial charge in [-0.05, 0) is 76.1 Å². The molecule has 3 rings (SSSR count). The summed E-state index contributed by atoms with van der Waals surface area (Å²) in [5.74, 6) is -0.505. The number of ether oxygens (including phenoxy) is 1. The maximum atomic E-state index is 14.1. The highest BCUT2D eigenvalue weighted by Gasteiger charge is 2.34. The number of benzene rings is 3. The predicted octanol–water partition coefficient (Wildman–Crippen LogP) is 5.68. The largest absolute Gasteiger partial charge is 0.492 e. The molecule has 0 aliphatic carbocycles. The van der Waals surface area contributed by atoms with Gasteiger partial charge in [-0.25, -0.2) is 8.42 Å². The number of rotatable bonds is 13. The number of anilines is 1. The average molecular weight is 645 g/mol. The normalized spacial score (nSPS) is 12.7. The maximum absolute atomic E-state index is 14.1. The number of hydrogen-bond donors (Lipinski definition) is 1. The fraction of sp³-hybridized carbons (Fsp3) is 0.355. The summed E-state index contributed by atoms with van der Waals surface area (Å²) in [7, 11) is -4.19. The van der Waals surface area contributed by atoms with Crippen LogP contribution in [0.5, 0.6) is 5.75 Å². The molecule has 0 aliphatic heterocycles. The van der Waals surface area contributed by atoms with Crippen LogP contribution in [0, 0.1) is 6.92 Å². The van der Waals surface area contributed by atoms with Crippen molar-refractivity contribution in [3.8, 4) is 5.75 Å².